The highest BCUT2D eigenvalue weighted by Crippen LogP contribution is 2.19. The number of amides is 1. The normalized spacial score (nSPS) is 10.1. The number of benzene rings is 1. The van der Waals surface area contributed by atoms with Gasteiger partial charge in [0.25, 0.3) is 6.01 Å². The number of rotatable bonds is 5. The van der Waals surface area contributed by atoms with Gasteiger partial charge in [-0.15, -0.1) is 0 Å². The number of nitrogens with zero attached hydrogens (tertiary/aromatic N) is 1. The smallest absolute Gasteiger partial charge is 0.309 e. The van der Waals surface area contributed by atoms with Crippen LogP contribution in [0.1, 0.15) is 12.6 Å². The molecule has 0 spiro atoms. The molecule has 7 nitrogen and oxygen atoms in total. The molecule has 1 amide bonds. The van der Waals surface area contributed by atoms with Crippen molar-refractivity contribution in [1.82, 2.24) is 4.98 Å². The summed E-state index contributed by atoms with van der Waals surface area (Å²) in [6.07, 6.45) is 1.09. The first-order chi connectivity index (χ1) is 9.52. The molecule has 7 heteroatoms. The van der Waals surface area contributed by atoms with Gasteiger partial charge < -0.3 is 20.2 Å². The van der Waals surface area contributed by atoms with Crippen LogP contribution in [0.25, 0.3) is 0 Å². The number of aromatic nitrogens is 1. The molecule has 20 heavy (non-hydrogen) atoms. The summed E-state index contributed by atoms with van der Waals surface area (Å²) in [5.74, 6) is -1.14. The number of hydrogen-bond donors (Lipinski definition) is 3. The summed E-state index contributed by atoms with van der Waals surface area (Å²) in [5, 5.41) is 14.2. The van der Waals surface area contributed by atoms with Gasteiger partial charge in [0.2, 0.25) is 5.91 Å². The van der Waals surface area contributed by atoms with Crippen LogP contribution >= 0.6 is 0 Å². The number of carbonyl (C=O) groups is 2. The molecule has 1 aromatic heterocycles. The Morgan fingerprint density at radius 2 is 2.10 bits per heavy atom. The standard InChI is InChI=1S/C13H13N3O4/c1-8(17)14-9-3-2-4-10(5-9)15-13-16-11(7-20-13)6-12(18)19/h2-5,7H,6H2,1H3,(H,14,17)(H,15,16)(H,18,19). The molecular weight excluding hydrogens is 262 g/mol. The second-order valence-electron chi connectivity index (χ2n) is 4.10. The van der Waals surface area contributed by atoms with Gasteiger partial charge in [0.1, 0.15) is 6.26 Å². The molecule has 0 aliphatic carbocycles. The van der Waals surface area contributed by atoms with Gasteiger partial charge in [0, 0.05) is 18.3 Å². The van der Waals surface area contributed by atoms with Gasteiger partial charge in [-0.25, -0.2) is 0 Å². The molecule has 2 rings (SSSR count). The third-order valence-electron chi connectivity index (χ3n) is 2.32. The Morgan fingerprint density at radius 3 is 2.80 bits per heavy atom. The molecule has 2 aromatic rings. The summed E-state index contributed by atoms with van der Waals surface area (Å²) in [7, 11) is 0. The van der Waals surface area contributed by atoms with Gasteiger partial charge in [0.05, 0.1) is 12.1 Å². The predicted octanol–water partition coefficient (Wildman–Crippen LogP) is 2.00. The number of hydrogen-bond acceptors (Lipinski definition) is 5. The fraction of sp³-hybridized carbons (Fsp3) is 0.154. The number of aliphatic carboxylic acids is 1. The Kier molecular flexibility index (Phi) is 3.99. The zero-order chi connectivity index (χ0) is 14.5. The molecule has 0 bridgehead atoms. The molecule has 0 aliphatic rings. The Labute approximate surface area is 114 Å². The van der Waals surface area contributed by atoms with Crippen LogP contribution in [0.4, 0.5) is 17.4 Å². The minimum absolute atomic E-state index is 0.165. The summed E-state index contributed by atoms with van der Waals surface area (Å²) in [5.41, 5.74) is 1.64. The summed E-state index contributed by atoms with van der Waals surface area (Å²) in [4.78, 5) is 25.5. The fourth-order valence-electron chi connectivity index (χ4n) is 1.60. The van der Waals surface area contributed by atoms with E-state index >= 15 is 0 Å². The van der Waals surface area contributed by atoms with E-state index in [-0.39, 0.29) is 18.3 Å². The number of carbonyl (C=O) groups excluding carboxylic acids is 1. The zero-order valence-corrected chi connectivity index (χ0v) is 10.7. The lowest BCUT2D eigenvalue weighted by atomic mass is 10.3. The first kappa shape index (κ1) is 13.6. The molecule has 1 aromatic carbocycles. The number of oxazole rings is 1. The molecule has 0 atom stereocenters. The zero-order valence-electron chi connectivity index (χ0n) is 10.7. The molecule has 0 unspecified atom stereocenters. The highest BCUT2D eigenvalue weighted by atomic mass is 16.4. The van der Waals surface area contributed by atoms with Crippen LogP contribution in [0, 0.1) is 0 Å². The van der Waals surface area contributed by atoms with Crippen molar-refractivity contribution in [1.29, 1.82) is 0 Å². The van der Waals surface area contributed by atoms with Crippen LogP contribution in [-0.2, 0) is 16.0 Å². The number of carboxylic acid groups (broad SMARTS) is 1. The SMILES string of the molecule is CC(=O)Nc1cccc(Nc2nc(CC(=O)O)co2)c1. The number of nitrogens with one attached hydrogen (secondary N) is 2. The van der Waals surface area contributed by atoms with Crippen LogP contribution in [0.15, 0.2) is 34.9 Å². The molecule has 0 aliphatic heterocycles. The van der Waals surface area contributed by atoms with Crippen molar-refractivity contribution in [2.45, 2.75) is 13.3 Å². The average molecular weight is 275 g/mol. The van der Waals surface area contributed by atoms with Gasteiger partial charge >= 0.3 is 5.97 Å². The van der Waals surface area contributed by atoms with Crippen LogP contribution in [0.5, 0.6) is 0 Å². The van der Waals surface area contributed by atoms with E-state index < -0.39 is 5.97 Å². The van der Waals surface area contributed by atoms with Gasteiger partial charge in [-0.05, 0) is 18.2 Å². The third-order valence-corrected chi connectivity index (χ3v) is 2.32. The van der Waals surface area contributed by atoms with Crippen LogP contribution in [-0.4, -0.2) is 22.0 Å². The molecule has 3 N–H and O–H groups in total. The highest BCUT2D eigenvalue weighted by molar-refractivity contribution is 5.89. The molecular formula is C13H13N3O4. The van der Waals surface area contributed by atoms with E-state index in [4.69, 9.17) is 9.52 Å². The fourth-order valence-corrected chi connectivity index (χ4v) is 1.60. The van der Waals surface area contributed by atoms with Crippen molar-refractivity contribution < 1.29 is 19.1 Å². The minimum atomic E-state index is -0.975. The average Bonchev–Trinajstić information content (AvgIpc) is 2.75. The van der Waals surface area contributed by atoms with Crippen molar-refractivity contribution in [3.05, 3.63) is 36.2 Å². The topological polar surface area (TPSA) is 104 Å². The molecule has 0 fully saturated rings. The van der Waals surface area contributed by atoms with E-state index in [1.165, 1.54) is 13.2 Å². The molecule has 1 heterocycles. The maximum atomic E-state index is 11.0. The molecule has 0 radical (unpaired) electrons. The third kappa shape index (κ3) is 3.84. The van der Waals surface area contributed by atoms with Crippen LogP contribution in [0.3, 0.4) is 0 Å². The van der Waals surface area contributed by atoms with Gasteiger partial charge in [-0.1, -0.05) is 6.07 Å². The summed E-state index contributed by atoms with van der Waals surface area (Å²) < 4.78 is 5.12. The van der Waals surface area contributed by atoms with E-state index in [1.54, 1.807) is 24.3 Å². The van der Waals surface area contributed by atoms with Crippen molar-refractivity contribution in [3.63, 3.8) is 0 Å². The van der Waals surface area contributed by atoms with Crippen LogP contribution in [0.2, 0.25) is 0 Å². The van der Waals surface area contributed by atoms with Crippen molar-refractivity contribution in [3.8, 4) is 0 Å². The molecule has 0 saturated carbocycles. The number of anilines is 3. The quantitative estimate of drug-likeness (QED) is 0.771. The first-order valence-corrected chi connectivity index (χ1v) is 5.84. The monoisotopic (exact) mass is 275 g/mol. The van der Waals surface area contributed by atoms with E-state index in [0.717, 1.165) is 0 Å². The lowest BCUT2D eigenvalue weighted by Gasteiger charge is -2.05. The minimum Gasteiger partial charge on any atom is -0.481 e. The van der Waals surface area contributed by atoms with Gasteiger partial charge in [-0.3, -0.25) is 9.59 Å². The Bertz CT molecular complexity index is 636. The second-order valence-corrected chi connectivity index (χ2v) is 4.10. The highest BCUT2D eigenvalue weighted by Gasteiger charge is 2.08. The van der Waals surface area contributed by atoms with E-state index in [1.807, 2.05) is 0 Å². The second kappa shape index (κ2) is 5.87. The predicted molar refractivity (Wildman–Crippen MR) is 71.9 cm³/mol. The maximum absolute atomic E-state index is 11.0. The van der Waals surface area contributed by atoms with Crippen LogP contribution < -0.4 is 10.6 Å². The van der Waals surface area contributed by atoms with E-state index in [9.17, 15) is 9.59 Å². The number of carboxylic acids is 1. The van der Waals surface area contributed by atoms with Crippen molar-refractivity contribution >= 4 is 29.3 Å². The van der Waals surface area contributed by atoms with E-state index in [2.05, 4.69) is 15.6 Å². The Morgan fingerprint density at radius 1 is 1.35 bits per heavy atom. The van der Waals surface area contributed by atoms with E-state index in [0.29, 0.717) is 17.1 Å². The van der Waals surface area contributed by atoms with Gasteiger partial charge in [0.15, 0.2) is 0 Å². The maximum Gasteiger partial charge on any atom is 0.309 e. The Balaban J connectivity index is 2.07. The summed E-state index contributed by atoms with van der Waals surface area (Å²) in [6.45, 7) is 1.42. The lowest BCUT2D eigenvalue weighted by molar-refractivity contribution is -0.136. The summed E-state index contributed by atoms with van der Waals surface area (Å²) >= 11 is 0. The van der Waals surface area contributed by atoms with Gasteiger partial charge in [-0.2, -0.15) is 4.98 Å². The largest absolute Gasteiger partial charge is 0.481 e. The first-order valence-electron chi connectivity index (χ1n) is 5.84. The lowest BCUT2D eigenvalue weighted by Crippen LogP contribution is -2.05. The van der Waals surface area contributed by atoms with Crippen molar-refractivity contribution in [2.24, 2.45) is 0 Å². The summed E-state index contributed by atoms with van der Waals surface area (Å²) in [6, 6.07) is 7.18. The molecule has 104 valence electrons. The van der Waals surface area contributed by atoms with Crippen molar-refractivity contribution in [2.75, 3.05) is 10.6 Å². The Hall–Kier alpha value is -2.83. The molecule has 0 saturated heterocycles.